The highest BCUT2D eigenvalue weighted by Gasteiger charge is 2.14. The van der Waals surface area contributed by atoms with Crippen molar-refractivity contribution in [2.75, 3.05) is 13.9 Å². The van der Waals surface area contributed by atoms with Crippen molar-refractivity contribution in [3.05, 3.63) is 102 Å². The van der Waals surface area contributed by atoms with Crippen LogP contribution in [0.4, 0.5) is 0 Å². The second kappa shape index (κ2) is 10.5. The lowest BCUT2D eigenvalue weighted by Gasteiger charge is -2.13. The summed E-state index contributed by atoms with van der Waals surface area (Å²) in [6.07, 6.45) is 0. The van der Waals surface area contributed by atoms with Crippen molar-refractivity contribution in [3.8, 4) is 34.5 Å². The molecule has 0 aliphatic carbocycles. The van der Waals surface area contributed by atoms with E-state index in [1.807, 2.05) is 60.7 Å². The maximum Gasteiger partial charge on any atom is 0.227 e. The van der Waals surface area contributed by atoms with Crippen LogP contribution in [-0.2, 0) is 11.3 Å². The van der Waals surface area contributed by atoms with Crippen LogP contribution in [0.1, 0.15) is 5.56 Å². The van der Waals surface area contributed by atoms with E-state index in [4.69, 9.17) is 35.0 Å². The van der Waals surface area contributed by atoms with E-state index in [1.54, 1.807) is 37.4 Å². The first kappa shape index (κ1) is 22.8. The Labute approximate surface area is 207 Å². The molecule has 35 heavy (non-hydrogen) atoms. The van der Waals surface area contributed by atoms with E-state index in [1.165, 1.54) is 0 Å². The van der Waals surface area contributed by atoms with Gasteiger partial charge in [0.15, 0.2) is 23.9 Å². The van der Waals surface area contributed by atoms with E-state index in [0.29, 0.717) is 51.6 Å². The highest BCUT2D eigenvalue weighted by molar-refractivity contribution is 6.30. The number of halogens is 1. The van der Waals surface area contributed by atoms with Gasteiger partial charge in [0.2, 0.25) is 5.89 Å². The molecule has 0 N–H and O–H groups in total. The molecule has 4 aromatic carbocycles. The van der Waals surface area contributed by atoms with Crippen LogP contribution in [0.25, 0.3) is 22.6 Å². The largest absolute Gasteiger partial charge is 0.485 e. The molecule has 0 bridgehead atoms. The molecule has 0 unspecified atom stereocenters. The van der Waals surface area contributed by atoms with Crippen LogP contribution in [0.2, 0.25) is 5.02 Å². The Bertz CT molecular complexity index is 1420. The lowest BCUT2D eigenvalue weighted by Crippen LogP contribution is -2.03. The van der Waals surface area contributed by atoms with Crippen LogP contribution in [0, 0.1) is 0 Å². The molecule has 5 aromatic rings. The molecular formula is C28H22ClNO5. The summed E-state index contributed by atoms with van der Waals surface area (Å²) < 4.78 is 28.8. The third-order valence-corrected chi connectivity index (χ3v) is 5.42. The molecule has 5 rings (SSSR count). The summed E-state index contributed by atoms with van der Waals surface area (Å²) >= 11 is 5.95. The fourth-order valence-electron chi connectivity index (χ4n) is 3.46. The van der Waals surface area contributed by atoms with Gasteiger partial charge in [0, 0.05) is 23.8 Å². The van der Waals surface area contributed by atoms with Crippen molar-refractivity contribution < 1.29 is 23.4 Å². The fraction of sp³-hybridized carbons (Fsp3) is 0.107. The predicted molar refractivity (Wildman–Crippen MR) is 134 cm³/mol. The maximum absolute atomic E-state index is 6.04. The summed E-state index contributed by atoms with van der Waals surface area (Å²) in [5, 5.41) is 0.651. The smallest absolute Gasteiger partial charge is 0.227 e. The monoisotopic (exact) mass is 487 g/mol. The highest BCUT2D eigenvalue weighted by Crippen LogP contribution is 2.35. The Balaban J connectivity index is 1.38. The molecule has 0 saturated heterocycles. The van der Waals surface area contributed by atoms with Crippen LogP contribution in [-0.4, -0.2) is 18.9 Å². The average Bonchev–Trinajstić information content (AvgIpc) is 3.32. The minimum atomic E-state index is 0.0874. The van der Waals surface area contributed by atoms with Gasteiger partial charge in [-0.05, 0) is 60.2 Å². The average molecular weight is 488 g/mol. The second-order valence-electron chi connectivity index (χ2n) is 7.69. The number of aromatic nitrogens is 1. The first-order valence-electron chi connectivity index (χ1n) is 10.9. The number of ether oxygens (including phenoxy) is 4. The SMILES string of the molecule is COCOc1cc(-c2nc3ccc(Oc4ccc(Cl)cc4)cc3o2)ccc1OCc1ccccc1. The second-order valence-corrected chi connectivity index (χ2v) is 8.13. The van der Waals surface area contributed by atoms with Crippen molar-refractivity contribution in [1.29, 1.82) is 0 Å². The third-order valence-electron chi connectivity index (χ3n) is 5.17. The molecule has 1 heterocycles. The van der Waals surface area contributed by atoms with Gasteiger partial charge in [-0.25, -0.2) is 4.98 Å². The van der Waals surface area contributed by atoms with Crippen LogP contribution in [0.5, 0.6) is 23.0 Å². The van der Waals surface area contributed by atoms with E-state index in [-0.39, 0.29) is 6.79 Å². The van der Waals surface area contributed by atoms with Gasteiger partial charge >= 0.3 is 0 Å². The summed E-state index contributed by atoms with van der Waals surface area (Å²) in [7, 11) is 1.57. The summed E-state index contributed by atoms with van der Waals surface area (Å²) in [6.45, 7) is 0.507. The minimum absolute atomic E-state index is 0.0874. The van der Waals surface area contributed by atoms with Crippen LogP contribution < -0.4 is 14.2 Å². The molecule has 0 fully saturated rings. The topological polar surface area (TPSA) is 63.0 Å². The van der Waals surface area contributed by atoms with Gasteiger partial charge < -0.3 is 23.4 Å². The van der Waals surface area contributed by atoms with Crippen molar-refractivity contribution >= 4 is 22.7 Å². The van der Waals surface area contributed by atoms with E-state index in [9.17, 15) is 0 Å². The standard InChI is InChI=1S/C28H22ClNO5/c1-31-18-33-27-15-20(7-14-25(27)32-17-19-5-3-2-4-6-19)28-30-24-13-12-23(16-26(24)35-28)34-22-10-8-21(29)9-11-22/h2-16H,17-18H2,1H3. The summed E-state index contributed by atoms with van der Waals surface area (Å²) in [5.41, 5.74) is 3.13. The van der Waals surface area contributed by atoms with Crippen molar-refractivity contribution in [1.82, 2.24) is 4.98 Å². The van der Waals surface area contributed by atoms with Crippen LogP contribution in [0.15, 0.2) is 95.4 Å². The normalized spacial score (nSPS) is 10.9. The van der Waals surface area contributed by atoms with Gasteiger partial charge in [0.05, 0.1) is 0 Å². The number of nitrogens with zero attached hydrogens (tertiary/aromatic N) is 1. The number of hydrogen-bond acceptors (Lipinski definition) is 6. The third kappa shape index (κ3) is 5.57. The number of hydrogen-bond donors (Lipinski definition) is 0. The number of fused-ring (bicyclic) bond motifs is 1. The van der Waals surface area contributed by atoms with Gasteiger partial charge in [-0.1, -0.05) is 41.9 Å². The zero-order chi connectivity index (χ0) is 24.0. The molecule has 0 radical (unpaired) electrons. The quantitative estimate of drug-likeness (QED) is 0.200. The Kier molecular flexibility index (Phi) is 6.84. The van der Waals surface area contributed by atoms with E-state index >= 15 is 0 Å². The molecule has 7 heteroatoms. The van der Waals surface area contributed by atoms with Crippen molar-refractivity contribution in [3.63, 3.8) is 0 Å². The molecule has 0 aliphatic rings. The molecule has 1 aromatic heterocycles. The lowest BCUT2D eigenvalue weighted by atomic mass is 10.2. The number of oxazole rings is 1. The van der Waals surface area contributed by atoms with Gasteiger partial charge in [-0.15, -0.1) is 0 Å². The van der Waals surface area contributed by atoms with Crippen LogP contribution in [0.3, 0.4) is 0 Å². The number of benzene rings is 4. The molecule has 0 atom stereocenters. The Morgan fingerprint density at radius 1 is 0.800 bits per heavy atom. The van der Waals surface area contributed by atoms with Crippen molar-refractivity contribution in [2.45, 2.75) is 6.61 Å². The molecule has 0 saturated carbocycles. The number of rotatable bonds is 9. The van der Waals surface area contributed by atoms with Crippen molar-refractivity contribution in [2.24, 2.45) is 0 Å². The molecule has 176 valence electrons. The molecule has 0 aliphatic heterocycles. The van der Waals surface area contributed by atoms with Gasteiger partial charge in [0.25, 0.3) is 0 Å². The summed E-state index contributed by atoms with van der Waals surface area (Å²) in [6, 6.07) is 28.2. The summed E-state index contributed by atoms with van der Waals surface area (Å²) in [4.78, 5) is 4.62. The predicted octanol–water partition coefficient (Wildman–Crippen LogP) is 7.50. The first-order chi connectivity index (χ1) is 17.2. The van der Waals surface area contributed by atoms with Gasteiger partial charge in [0.1, 0.15) is 23.6 Å². The first-order valence-corrected chi connectivity index (χ1v) is 11.3. The fourth-order valence-corrected chi connectivity index (χ4v) is 3.59. The Hall–Kier alpha value is -4.00. The van der Waals surface area contributed by atoms with Gasteiger partial charge in [-0.3, -0.25) is 0 Å². The van der Waals surface area contributed by atoms with E-state index < -0.39 is 0 Å². The minimum Gasteiger partial charge on any atom is -0.485 e. The Morgan fingerprint density at radius 3 is 2.40 bits per heavy atom. The molecule has 0 amide bonds. The molecule has 6 nitrogen and oxygen atoms in total. The maximum atomic E-state index is 6.04. The summed E-state index contributed by atoms with van der Waals surface area (Å²) in [5.74, 6) is 2.91. The van der Waals surface area contributed by atoms with Crippen LogP contribution >= 0.6 is 11.6 Å². The van der Waals surface area contributed by atoms with Gasteiger partial charge in [-0.2, -0.15) is 0 Å². The van der Waals surface area contributed by atoms with E-state index in [0.717, 1.165) is 11.1 Å². The van der Waals surface area contributed by atoms with E-state index in [2.05, 4.69) is 4.98 Å². The Morgan fingerprint density at radius 2 is 1.60 bits per heavy atom. The number of methoxy groups -OCH3 is 1. The zero-order valence-corrected chi connectivity index (χ0v) is 19.7. The lowest BCUT2D eigenvalue weighted by molar-refractivity contribution is 0.0484. The molecule has 0 spiro atoms. The highest BCUT2D eigenvalue weighted by atomic mass is 35.5. The molecular weight excluding hydrogens is 466 g/mol. The zero-order valence-electron chi connectivity index (χ0n) is 18.9.